The Morgan fingerprint density at radius 2 is 2.17 bits per heavy atom. The van der Waals surface area contributed by atoms with Crippen LogP contribution < -0.4 is 10.1 Å². The highest BCUT2D eigenvalue weighted by Crippen LogP contribution is 2.25. The summed E-state index contributed by atoms with van der Waals surface area (Å²) in [6.07, 6.45) is 3.67. The van der Waals surface area contributed by atoms with Crippen LogP contribution in [0.2, 0.25) is 0 Å². The lowest BCUT2D eigenvalue weighted by Crippen LogP contribution is -2.41. The van der Waals surface area contributed by atoms with Gasteiger partial charge in [-0.25, -0.2) is 4.79 Å². The molecule has 1 amide bonds. The van der Waals surface area contributed by atoms with Crippen LogP contribution in [0.3, 0.4) is 0 Å². The number of nitrogens with one attached hydrogen (secondary N) is 1. The van der Waals surface area contributed by atoms with Crippen molar-refractivity contribution >= 4 is 22.8 Å². The molecule has 0 aliphatic heterocycles. The number of hydrogen-bond acceptors (Lipinski definition) is 4. The Morgan fingerprint density at radius 1 is 1.39 bits per heavy atom. The quantitative estimate of drug-likeness (QED) is 0.781. The second-order valence-electron chi connectivity index (χ2n) is 5.40. The first-order valence-corrected chi connectivity index (χ1v) is 7.61. The minimum Gasteiger partial charge on any atom is -0.497 e. The monoisotopic (exact) mass is 319 g/mol. The van der Waals surface area contributed by atoms with E-state index in [-0.39, 0.29) is 12.3 Å². The number of furan rings is 1. The molecule has 0 aliphatic rings. The van der Waals surface area contributed by atoms with Crippen molar-refractivity contribution in [2.24, 2.45) is 0 Å². The van der Waals surface area contributed by atoms with Crippen molar-refractivity contribution in [2.75, 3.05) is 7.11 Å². The molecule has 2 aromatic rings. The average Bonchev–Trinajstić information content (AvgIpc) is 2.93. The number of fused-ring (bicyclic) bond motifs is 1. The molecule has 0 spiro atoms. The summed E-state index contributed by atoms with van der Waals surface area (Å²) in [5, 5.41) is 12.5. The zero-order valence-electron chi connectivity index (χ0n) is 13.3. The molecule has 6 heteroatoms. The van der Waals surface area contributed by atoms with Crippen LogP contribution in [-0.4, -0.2) is 30.1 Å². The molecule has 0 unspecified atom stereocenters. The van der Waals surface area contributed by atoms with Gasteiger partial charge in [0.1, 0.15) is 17.4 Å². The van der Waals surface area contributed by atoms with Crippen molar-refractivity contribution < 1.29 is 23.8 Å². The number of hydrogen-bond donors (Lipinski definition) is 2. The summed E-state index contributed by atoms with van der Waals surface area (Å²) in [6.45, 7) is 1.98. The van der Waals surface area contributed by atoms with E-state index >= 15 is 0 Å². The van der Waals surface area contributed by atoms with Crippen LogP contribution in [0.15, 0.2) is 28.9 Å². The van der Waals surface area contributed by atoms with Gasteiger partial charge in [-0.05, 0) is 18.6 Å². The number of rotatable bonds is 8. The van der Waals surface area contributed by atoms with Gasteiger partial charge in [-0.1, -0.05) is 19.8 Å². The SMILES string of the molecule is CCCC[C@H](NC(=O)Cc1coc2cc(OC)ccc12)C(=O)O. The standard InChI is InChI=1S/C17H21NO5/c1-3-4-5-14(17(20)21)18-16(19)8-11-10-23-15-9-12(22-2)6-7-13(11)15/h6-7,9-10,14H,3-5,8H2,1-2H3,(H,18,19)(H,20,21)/t14-/m0/s1. The maximum absolute atomic E-state index is 12.1. The Bertz CT molecular complexity index is 691. The van der Waals surface area contributed by atoms with Crippen LogP contribution in [0.25, 0.3) is 11.0 Å². The zero-order chi connectivity index (χ0) is 16.8. The average molecular weight is 319 g/mol. The molecule has 0 saturated heterocycles. The van der Waals surface area contributed by atoms with E-state index in [1.807, 2.05) is 13.0 Å². The molecule has 2 rings (SSSR count). The smallest absolute Gasteiger partial charge is 0.326 e. The molecule has 23 heavy (non-hydrogen) atoms. The van der Waals surface area contributed by atoms with Crippen LogP contribution in [-0.2, 0) is 16.0 Å². The first kappa shape index (κ1) is 16.9. The third-order valence-electron chi connectivity index (χ3n) is 3.69. The van der Waals surface area contributed by atoms with Gasteiger partial charge < -0.3 is 19.6 Å². The maximum atomic E-state index is 12.1. The van der Waals surface area contributed by atoms with E-state index in [4.69, 9.17) is 14.3 Å². The summed E-state index contributed by atoms with van der Waals surface area (Å²) < 4.78 is 10.6. The summed E-state index contributed by atoms with van der Waals surface area (Å²) in [5.74, 6) is -0.658. The Morgan fingerprint density at radius 3 is 2.83 bits per heavy atom. The van der Waals surface area contributed by atoms with Gasteiger partial charge in [0.05, 0.1) is 19.8 Å². The van der Waals surface area contributed by atoms with Gasteiger partial charge in [0.2, 0.25) is 5.91 Å². The Hall–Kier alpha value is -2.50. The summed E-state index contributed by atoms with van der Waals surface area (Å²) in [4.78, 5) is 23.3. The van der Waals surface area contributed by atoms with Crippen molar-refractivity contribution in [3.05, 3.63) is 30.0 Å². The number of carboxylic acid groups (broad SMARTS) is 1. The molecule has 1 aromatic heterocycles. The highest BCUT2D eigenvalue weighted by Gasteiger charge is 2.20. The minimum atomic E-state index is -1.01. The largest absolute Gasteiger partial charge is 0.497 e. The molecule has 1 atom stereocenters. The first-order chi connectivity index (χ1) is 11.0. The van der Waals surface area contributed by atoms with Gasteiger partial charge in [-0.15, -0.1) is 0 Å². The first-order valence-electron chi connectivity index (χ1n) is 7.61. The van der Waals surface area contributed by atoms with Crippen LogP contribution >= 0.6 is 0 Å². The van der Waals surface area contributed by atoms with Crippen LogP contribution in [0.5, 0.6) is 5.75 Å². The second kappa shape index (κ2) is 7.67. The molecule has 1 heterocycles. The number of carbonyl (C=O) groups excluding carboxylic acids is 1. The van der Waals surface area contributed by atoms with Gasteiger partial charge >= 0.3 is 5.97 Å². The number of carbonyl (C=O) groups is 2. The molecule has 6 nitrogen and oxygen atoms in total. The van der Waals surface area contributed by atoms with Crippen molar-refractivity contribution in [1.29, 1.82) is 0 Å². The summed E-state index contributed by atoms with van der Waals surface area (Å²) >= 11 is 0. The number of amides is 1. The van der Waals surface area contributed by atoms with Crippen molar-refractivity contribution in [1.82, 2.24) is 5.32 Å². The lowest BCUT2D eigenvalue weighted by molar-refractivity contribution is -0.141. The van der Waals surface area contributed by atoms with E-state index in [0.29, 0.717) is 17.8 Å². The summed E-state index contributed by atoms with van der Waals surface area (Å²) in [5.41, 5.74) is 1.35. The van der Waals surface area contributed by atoms with Crippen LogP contribution in [0.4, 0.5) is 0 Å². The number of aliphatic carboxylic acids is 1. The van der Waals surface area contributed by atoms with Gasteiger partial charge in [-0.3, -0.25) is 4.79 Å². The van der Waals surface area contributed by atoms with Gasteiger partial charge in [-0.2, -0.15) is 0 Å². The molecule has 2 N–H and O–H groups in total. The summed E-state index contributed by atoms with van der Waals surface area (Å²) in [6, 6.07) is 4.52. The summed E-state index contributed by atoms with van der Waals surface area (Å²) in [7, 11) is 1.57. The van der Waals surface area contributed by atoms with Gasteiger partial charge in [0, 0.05) is 17.0 Å². The van der Waals surface area contributed by atoms with Crippen molar-refractivity contribution in [2.45, 2.75) is 38.6 Å². The third kappa shape index (κ3) is 4.25. The van der Waals surface area contributed by atoms with E-state index in [0.717, 1.165) is 23.8 Å². The normalized spacial score (nSPS) is 12.1. The predicted octanol–water partition coefficient (Wildman–Crippen LogP) is 2.74. The maximum Gasteiger partial charge on any atom is 0.326 e. The van der Waals surface area contributed by atoms with E-state index in [1.165, 1.54) is 6.26 Å². The fourth-order valence-corrected chi connectivity index (χ4v) is 2.41. The molecule has 0 saturated carbocycles. The number of carboxylic acids is 1. The van der Waals surface area contributed by atoms with Gasteiger partial charge in [0.25, 0.3) is 0 Å². The number of methoxy groups -OCH3 is 1. The molecule has 0 radical (unpaired) electrons. The predicted molar refractivity (Wildman–Crippen MR) is 85.6 cm³/mol. The molecule has 0 fully saturated rings. The van der Waals surface area contributed by atoms with E-state index in [9.17, 15) is 9.59 Å². The van der Waals surface area contributed by atoms with Crippen LogP contribution in [0.1, 0.15) is 31.7 Å². The molecule has 0 bridgehead atoms. The second-order valence-corrected chi connectivity index (χ2v) is 5.40. The van der Waals surface area contributed by atoms with E-state index in [1.54, 1.807) is 19.2 Å². The molecular formula is C17H21NO5. The number of ether oxygens (including phenoxy) is 1. The number of unbranched alkanes of at least 4 members (excludes halogenated alkanes) is 1. The third-order valence-corrected chi connectivity index (χ3v) is 3.69. The van der Waals surface area contributed by atoms with E-state index < -0.39 is 12.0 Å². The fourth-order valence-electron chi connectivity index (χ4n) is 2.41. The van der Waals surface area contributed by atoms with Crippen molar-refractivity contribution in [3.63, 3.8) is 0 Å². The van der Waals surface area contributed by atoms with Crippen molar-refractivity contribution in [3.8, 4) is 5.75 Å². The minimum absolute atomic E-state index is 0.0786. The number of benzene rings is 1. The molecular weight excluding hydrogens is 298 g/mol. The topological polar surface area (TPSA) is 88.8 Å². The molecule has 0 aliphatic carbocycles. The highest BCUT2D eigenvalue weighted by atomic mass is 16.5. The highest BCUT2D eigenvalue weighted by molar-refractivity contribution is 5.90. The van der Waals surface area contributed by atoms with Crippen LogP contribution in [0, 0.1) is 0 Å². The lowest BCUT2D eigenvalue weighted by Gasteiger charge is -2.13. The van der Waals surface area contributed by atoms with Gasteiger partial charge in [0.15, 0.2) is 0 Å². The Kier molecular flexibility index (Phi) is 5.62. The Labute approximate surface area is 134 Å². The Balaban J connectivity index is 2.06. The molecule has 1 aromatic carbocycles. The van der Waals surface area contributed by atoms with E-state index in [2.05, 4.69) is 5.32 Å². The molecule has 124 valence electrons. The zero-order valence-corrected chi connectivity index (χ0v) is 13.3. The fraction of sp³-hybridized carbons (Fsp3) is 0.412. The lowest BCUT2D eigenvalue weighted by atomic mass is 10.1.